The average molecular weight is 256 g/mol. The number of carbonyl (C=O) groups excluding carboxylic acids is 1. The van der Waals surface area contributed by atoms with Crippen LogP contribution in [0.4, 0.5) is 5.82 Å². The summed E-state index contributed by atoms with van der Waals surface area (Å²) in [6.45, 7) is 1.86. The number of hydrogen-bond donors (Lipinski definition) is 1. The number of pyridine rings is 1. The molecule has 0 bridgehead atoms. The number of rotatable bonds is 2. The Morgan fingerprint density at radius 3 is 2.89 bits per heavy atom. The molecule has 0 aliphatic carbocycles. The number of fused-ring (bicyclic) bond motifs is 1. The Morgan fingerprint density at radius 1 is 1.32 bits per heavy atom. The molecule has 0 aliphatic heterocycles. The summed E-state index contributed by atoms with van der Waals surface area (Å²) in [7, 11) is 1.76. The molecule has 1 N–H and O–H groups in total. The van der Waals surface area contributed by atoms with E-state index in [1.165, 1.54) is 0 Å². The second-order valence-electron chi connectivity index (χ2n) is 4.19. The van der Waals surface area contributed by atoms with Crippen LogP contribution in [0.25, 0.3) is 5.65 Å². The highest BCUT2D eigenvalue weighted by molar-refractivity contribution is 6.04. The molecular formula is C12H12N6O. The maximum Gasteiger partial charge on any atom is 0.256 e. The maximum absolute atomic E-state index is 12.1. The Morgan fingerprint density at radius 2 is 2.16 bits per heavy atom. The maximum atomic E-state index is 12.1. The lowest BCUT2D eigenvalue weighted by atomic mass is 10.2. The quantitative estimate of drug-likeness (QED) is 0.742. The SMILES string of the molecule is Cc1nnc2cc(C(=O)Nc3ccnn3C)ccn12. The molecule has 3 aromatic heterocycles. The fourth-order valence-electron chi connectivity index (χ4n) is 1.84. The van der Waals surface area contributed by atoms with Crippen LogP contribution in [0, 0.1) is 6.92 Å². The third kappa shape index (κ3) is 1.95. The van der Waals surface area contributed by atoms with Gasteiger partial charge in [-0.2, -0.15) is 5.10 Å². The molecule has 96 valence electrons. The van der Waals surface area contributed by atoms with E-state index in [-0.39, 0.29) is 5.91 Å². The van der Waals surface area contributed by atoms with Crippen LogP contribution < -0.4 is 5.32 Å². The number of nitrogens with zero attached hydrogens (tertiary/aromatic N) is 5. The first-order valence-electron chi connectivity index (χ1n) is 5.76. The summed E-state index contributed by atoms with van der Waals surface area (Å²) in [5, 5.41) is 14.7. The second kappa shape index (κ2) is 4.20. The van der Waals surface area contributed by atoms with Crippen LogP contribution in [0.15, 0.2) is 30.6 Å². The van der Waals surface area contributed by atoms with Crippen molar-refractivity contribution in [1.29, 1.82) is 0 Å². The minimum atomic E-state index is -0.202. The predicted octanol–water partition coefficient (Wildman–Crippen LogP) is 1.02. The lowest BCUT2D eigenvalue weighted by Gasteiger charge is -2.05. The molecule has 0 radical (unpaired) electrons. The smallest absolute Gasteiger partial charge is 0.256 e. The summed E-state index contributed by atoms with van der Waals surface area (Å²) in [5.74, 6) is 1.22. The van der Waals surface area contributed by atoms with Crippen molar-refractivity contribution in [3.05, 3.63) is 42.0 Å². The van der Waals surface area contributed by atoms with E-state index in [0.29, 0.717) is 17.0 Å². The predicted molar refractivity (Wildman–Crippen MR) is 68.9 cm³/mol. The minimum absolute atomic E-state index is 0.202. The van der Waals surface area contributed by atoms with E-state index < -0.39 is 0 Å². The number of amides is 1. The Bertz CT molecular complexity index is 757. The lowest BCUT2D eigenvalue weighted by Crippen LogP contribution is -2.14. The molecule has 3 aromatic rings. The first kappa shape index (κ1) is 11.4. The normalized spacial score (nSPS) is 10.8. The fourth-order valence-corrected chi connectivity index (χ4v) is 1.84. The van der Waals surface area contributed by atoms with Crippen LogP contribution in [0.3, 0.4) is 0 Å². The number of anilines is 1. The van der Waals surface area contributed by atoms with E-state index in [0.717, 1.165) is 5.82 Å². The van der Waals surface area contributed by atoms with Crippen molar-refractivity contribution >= 4 is 17.4 Å². The van der Waals surface area contributed by atoms with Crippen LogP contribution in [-0.4, -0.2) is 30.3 Å². The number of aromatic nitrogens is 5. The van der Waals surface area contributed by atoms with Gasteiger partial charge in [0.2, 0.25) is 0 Å². The van der Waals surface area contributed by atoms with Crippen LogP contribution in [0.5, 0.6) is 0 Å². The molecule has 0 spiro atoms. The van der Waals surface area contributed by atoms with Crippen molar-refractivity contribution in [2.24, 2.45) is 7.05 Å². The first-order chi connectivity index (χ1) is 9.15. The van der Waals surface area contributed by atoms with Gasteiger partial charge in [0.1, 0.15) is 11.6 Å². The van der Waals surface area contributed by atoms with Gasteiger partial charge in [0, 0.05) is 24.9 Å². The zero-order valence-electron chi connectivity index (χ0n) is 10.5. The van der Waals surface area contributed by atoms with Crippen molar-refractivity contribution in [3.63, 3.8) is 0 Å². The van der Waals surface area contributed by atoms with Gasteiger partial charge in [-0.05, 0) is 19.1 Å². The van der Waals surface area contributed by atoms with Gasteiger partial charge in [-0.3, -0.25) is 13.9 Å². The highest BCUT2D eigenvalue weighted by Crippen LogP contribution is 2.10. The Balaban J connectivity index is 1.91. The van der Waals surface area contributed by atoms with Gasteiger partial charge in [0.15, 0.2) is 5.65 Å². The zero-order valence-corrected chi connectivity index (χ0v) is 10.5. The van der Waals surface area contributed by atoms with Gasteiger partial charge in [-0.1, -0.05) is 0 Å². The summed E-state index contributed by atoms with van der Waals surface area (Å²) in [6, 6.07) is 5.17. The third-order valence-electron chi connectivity index (χ3n) is 2.91. The number of carbonyl (C=O) groups is 1. The molecule has 0 aliphatic rings. The minimum Gasteiger partial charge on any atom is -0.307 e. The molecule has 0 saturated heterocycles. The third-order valence-corrected chi connectivity index (χ3v) is 2.91. The molecular weight excluding hydrogens is 244 g/mol. The Kier molecular flexibility index (Phi) is 2.52. The topological polar surface area (TPSA) is 77.1 Å². The molecule has 19 heavy (non-hydrogen) atoms. The number of nitrogens with one attached hydrogen (secondary N) is 1. The molecule has 0 fully saturated rings. The molecule has 0 unspecified atom stereocenters. The van der Waals surface area contributed by atoms with Crippen molar-refractivity contribution < 1.29 is 4.79 Å². The van der Waals surface area contributed by atoms with E-state index >= 15 is 0 Å². The van der Waals surface area contributed by atoms with Gasteiger partial charge in [0.05, 0.1) is 6.20 Å². The molecule has 7 nitrogen and oxygen atoms in total. The molecule has 0 atom stereocenters. The van der Waals surface area contributed by atoms with Crippen molar-refractivity contribution in [3.8, 4) is 0 Å². The van der Waals surface area contributed by atoms with Gasteiger partial charge in [-0.15, -0.1) is 10.2 Å². The highest BCUT2D eigenvalue weighted by atomic mass is 16.1. The molecule has 3 rings (SSSR count). The lowest BCUT2D eigenvalue weighted by molar-refractivity contribution is 0.102. The Hall–Kier alpha value is -2.70. The number of aryl methyl sites for hydroxylation is 2. The summed E-state index contributed by atoms with van der Waals surface area (Å²) in [4.78, 5) is 12.1. The Labute approximate surface area is 108 Å². The standard InChI is InChI=1S/C12H12N6O/c1-8-15-16-11-7-9(4-6-18(8)11)12(19)14-10-3-5-13-17(10)2/h3-7H,1-2H3,(H,14,19). The van der Waals surface area contributed by atoms with Gasteiger partial charge >= 0.3 is 0 Å². The summed E-state index contributed by atoms with van der Waals surface area (Å²) in [5.41, 5.74) is 1.18. The van der Waals surface area contributed by atoms with Gasteiger partial charge in [-0.25, -0.2) is 0 Å². The fraction of sp³-hybridized carbons (Fsp3) is 0.167. The largest absolute Gasteiger partial charge is 0.307 e. The molecule has 3 heterocycles. The van der Waals surface area contributed by atoms with Crippen molar-refractivity contribution in [2.75, 3.05) is 5.32 Å². The average Bonchev–Trinajstić information content (AvgIpc) is 2.97. The zero-order chi connectivity index (χ0) is 13.4. The van der Waals surface area contributed by atoms with E-state index in [9.17, 15) is 4.79 Å². The van der Waals surface area contributed by atoms with E-state index in [4.69, 9.17) is 0 Å². The monoisotopic (exact) mass is 256 g/mol. The van der Waals surface area contributed by atoms with E-state index in [1.54, 1.807) is 42.3 Å². The van der Waals surface area contributed by atoms with Gasteiger partial charge in [0.25, 0.3) is 5.91 Å². The van der Waals surface area contributed by atoms with Crippen LogP contribution in [-0.2, 0) is 7.05 Å². The summed E-state index contributed by atoms with van der Waals surface area (Å²) >= 11 is 0. The molecule has 0 aromatic carbocycles. The highest BCUT2D eigenvalue weighted by Gasteiger charge is 2.10. The van der Waals surface area contributed by atoms with Crippen LogP contribution >= 0.6 is 0 Å². The molecule has 0 saturated carbocycles. The summed E-state index contributed by atoms with van der Waals surface area (Å²) in [6.07, 6.45) is 3.41. The summed E-state index contributed by atoms with van der Waals surface area (Å²) < 4.78 is 3.42. The van der Waals surface area contributed by atoms with Crippen molar-refractivity contribution in [1.82, 2.24) is 24.4 Å². The van der Waals surface area contributed by atoms with Crippen LogP contribution in [0.1, 0.15) is 16.2 Å². The van der Waals surface area contributed by atoms with E-state index in [1.807, 2.05) is 11.3 Å². The molecule has 1 amide bonds. The molecule has 7 heteroatoms. The van der Waals surface area contributed by atoms with Crippen LogP contribution in [0.2, 0.25) is 0 Å². The van der Waals surface area contributed by atoms with Crippen molar-refractivity contribution in [2.45, 2.75) is 6.92 Å². The second-order valence-corrected chi connectivity index (χ2v) is 4.19. The van der Waals surface area contributed by atoms with E-state index in [2.05, 4.69) is 20.6 Å². The number of hydrogen-bond acceptors (Lipinski definition) is 4. The van der Waals surface area contributed by atoms with Gasteiger partial charge < -0.3 is 5.32 Å². The first-order valence-corrected chi connectivity index (χ1v) is 5.76.